The van der Waals surface area contributed by atoms with Crippen LogP contribution in [0.5, 0.6) is 0 Å². The summed E-state index contributed by atoms with van der Waals surface area (Å²) in [5, 5.41) is 9.58. The molecule has 2 atom stereocenters. The van der Waals surface area contributed by atoms with E-state index in [1.807, 2.05) is 6.92 Å². The smallest absolute Gasteiger partial charge is 0.0693 e. The van der Waals surface area contributed by atoms with Gasteiger partial charge in [-0.15, -0.1) is 0 Å². The lowest BCUT2D eigenvalue weighted by Crippen LogP contribution is -2.42. The Bertz CT molecular complexity index is 156. The molecule has 2 nitrogen and oxygen atoms in total. The lowest BCUT2D eigenvalue weighted by atomic mass is 9.96. The Labute approximate surface area is 74.9 Å². The van der Waals surface area contributed by atoms with Gasteiger partial charge in [-0.2, -0.15) is 0 Å². The van der Waals surface area contributed by atoms with E-state index in [9.17, 15) is 5.11 Å². The molecule has 2 unspecified atom stereocenters. The molecule has 2 heteroatoms. The van der Waals surface area contributed by atoms with Crippen LogP contribution in [0.3, 0.4) is 0 Å². The van der Waals surface area contributed by atoms with Crippen LogP contribution in [0.4, 0.5) is 0 Å². The number of aliphatic hydroxyl groups is 1. The molecule has 0 aromatic rings. The number of likely N-dealkylation sites (tertiary alicyclic amines) is 1. The fourth-order valence-electron chi connectivity index (χ4n) is 1.53. The molecule has 1 aliphatic heterocycles. The number of nitrogens with zero attached hydrogens (tertiary/aromatic N) is 1. The fraction of sp³-hybridized carbons (Fsp3) is 0.800. The summed E-state index contributed by atoms with van der Waals surface area (Å²) < 4.78 is 0. The third kappa shape index (κ3) is 2.61. The van der Waals surface area contributed by atoms with Gasteiger partial charge in [-0.25, -0.2) is 0 Å². The van der Waals surface area contributed by atoms with Gasteiger partial charge in [0, 0.05) is 13.1 Å². The number of β-amino-alcohol motifs (C(OH)–C–C–N with tert-alkyl or cyclic N) is 1. The maximum atomic E-state index is 9.58. The molecule has 0 amide bonds. The Kier molecular flexibility index (Phi) is 3.76. The Morgan fingerprint density at radius 1 is 1.58 bits per heavy atom. The normalized spacial score (nSPS) is 32.9. The van der Waals surface area contributed by atoms with Crippen molar-refractivity contribution >= 4 is 0 Å². The lowest BCUT2D eigenvalue weighted by molar-refractivity contribution is 0.0342. The van der Waals surface area contributed by atoms with Gasteiger partial charge in [0.15, 0.2) is 0 Å². The maximum absolute atomic E-state index is 9.58. The van der Waals surface area contributed by atoms with Gasteiger partial charge in [0.05, 0.1) is 6.10 Å². The number of allylic oxidation sites excluding steroid dienone is 1. The van der Waals surface area contributed by atoms with Gasteiger partial charge in [0.1, 0.15) is 0 Å². The van der Waals surface area contributed by atoms with Crippen LogP contribution in [-0.4, -0.2) is 35.7 Å². The maximum Gasteiger partial charge on any atom is 0.0693 e. The number of rotatable bonds is 2. The van der Waals surface area contributed by atoms with Crippen LogP contribution in [0.15, 0.2) is 12.2 Å². The monoisotopic (exact) mass is 169 g/mol. The Hall–Kier alpha value is -0.340. The second-order valence-electron chi connectivity index (χ2n) is 3.66. The zero-order valence-corrected chi connectivity index (χ0v) is 8.03. The highest BCUT2D eigenvalue weighted by Gasteiger charge is 2.22. The summed E-state index contributed by atoms with van der Waals surface area (Å²) in [6, 6.07) is 0. The lowest BCUT2D eigenvalue weighted by Gasteiger charge is -2.33. The molecule has 70 valence electrons. The van der Waals surface area contributed by atoms with Crippen LogP contribution in [0.25, 0.3) is 0 Å². The quantitative estimate of drug-likeness (QED) is 0.629. The Balaban J connectivity index is 2.30. The van der Waals surface area contributed by atoms with Crippen molar-refractivity contribution in [3.63, 3.8) is 0 Å². The molecule has 1 aliphatic rings. The second kappa shape index (κ2) is 4.63. The van der Waals surface area contributed by atoms with Crippen molar-refractivity contribution in [2.24, 2.45) is 5.92 Å². The van der Waals surface area contributed by atoms with E-state index >= 15 is 0 Å². The van der Waals surface area contributed by atoms with E-state index in [0.717, 1.165) is 26.1 Å². The molecule has 1 rings (SSSR count). The second-order valence-corrected chi connectivity index (χ2v) is 3.66. The topological polar surface area (TPSA) is 23.5 Å². The van der Waals surface area contributed by atoms with Crippen LogP contribution >= 0.6 is 0 Å². The minimum atomic E-state index is -0.121. The molecule has 1 heterocycles. The summed E-state index contributed by atoms with van der Waals surface area (Å²) in [5.41, 5.74) is 0. The minimum absolute atomic E-state index is 0.121. The van der Waals surface area contributed by atoms with E-state index in [1.165, 1.54) is 0 Å². The zero-order valence-electron chi connectivity index (χ0n) is 8.03. The largest absolute Gasteiger partial charge is 0.392 e. The highest BCUT2D eigenvalue weighted by Crippen LogP contribution is 2.16. The van der Waals surface area contributed by atoms with Gasteiger partial charge < -0.3 is 5.11 Å². The van der Waals surface area contributed by atoms with E-state index in [-0.39, 0.29) is 6.10 Å². The summed E-state index contributed by atoms with van der Waals surface area (Å²) in [4.78, 5) is 2.30. The van der Waals surface area contributed by atoms with Gasteiger partial charge >= 0.3 is 0 Å². The van der Waals surface area contributed by atoms with E-state index in [2.05, 4.69) is 24.0 Å². The molecule has 12 heavy (non-hydrogen) atoms. The van der Waals surface area contributed by atoms with E-state index in [0.29, 0.717) is 5.92 Å². The van der Waals surface area contributed by atoms with Crippen molar-refractivity contribution in [1.29, 1.82) is 0 Å². The number of hydrogen-bond acceptors (Lipinski definition) is 2. The van der Waals surface area contributed by atoms with E-state index < -0.39 is 0 Å². The molecule has 0 saturated carbocycles. The molecule has 0 aliphatic carbocycles. The van der Waals surface area contributed by atoms with Gasteiger partial charge in [-0.1, -0.05) is 19.1 Å². The van der Waals surface area contributed by atoms with Crippen molar-refractivity contribution in [3.8, 4) is 0 Å². The fourth-order valence-corrected chi connectivity index (χ4v) is 1.53. The Morgan fingerprint density at radius 3 is 2.92 bits per heavy atom. The first kappa shape index (κ1) is 9.75. The first-order valence-corrected chi connectivity index (χ1v) is 4.75. The van der Waals surface area contributed by atoms with Crippen molar-refractivity contribution < 1.29 is 5.11 Å². The van der Waals surface area contributed by atoms with Gasteiger partial charge in [-0.05, 0) is 25.8 Å². The van der Waals surface area contributed by atoms with Crippen LogP contribution in [0.1, 0.15) is 20.3 Å². The summed E-state index contributed by atoms with van der Waals surface area (Å²) >= 11 is 0. The molecule has 1 saturated heterocycles. The summed E-state index contributed by atoms with van der Waals surface area (Å²) in [6.07, 6.45) is 5.20. The Morgan fingerprint density at radius 2 is 2.33 bits per heavy atom. The SMILES string of the molecule is C/C=C/CN1CCC(C)C(O)C1. The summed E-state index contributed by atoms with van der Waals surface area (Å²) in [7, 11) is 0. The molecule has 0 aromatic heterocycles. The van der Waals surface area contributed by atoms with Crippen molar-refractivity contribution in [3.05, 3.63) is 12.2 Å². The first-order chi connectivity index (χ1) is 5.74. The summed E-state index contributed by atoms with van der Waals surface area (Å²) in [6.45, 7) is 7.11. The van der Waals surface area contributed by atoms with E-state index in [1.54, 1.807) is 0 Å². The van der Waals surface area contributed by atoms with Gasteiger partial charge in [0.2, 0.25) is 0 Å². The predicted molar refractivity (Wildman–Crippen MR) is 51.0 cm³/mol. The number of piperidine rings is 1. The van der Waals surface area contributed by atoms with Crippen molar-refractivity contribution in [2.75, 3.05) is 19.6 Å². The molecule has 0 bridgehead atoms. The number of hydrogen-bond donors (Lipinski definition) is 1. The van der Waals surface area contributed by atoms with Crippen LogP contribution in [-0.2, 0) is 0 Å². The van der Waals surface area contributed by atoms with Crippen LogP contribution < -0.4 is 0 Å². The average Bonchev–Trinajstić information content (AvgIpc) is 2.07. The molecule has 0 radical (unpaired) electrons. The standard InChI is InChI=1S/C10H19NO/c1-3-4-6-11-7-5-9(2)10(12)8-11/h3-4,9-10,12H,5-8H2,1-2H3/b4-3+. The molecular weight excluding hydrogens is 150 g/mol. The highest BCUT2D eigenvalue weighted by molar-refractivity contribution is 4.85. The molecule has 0 spiro atoms. The zero-order chi connectivity index (χ0) is 8.97. The average molecular weight is 169 g/mol. The number of aliphatic hydroxyl groups excluding tert-OH is 1. The van der Waals surface area contributed by atoms with Gasteiger partial charge in [-0.3, -0.25) is 4.90 Å². The van der Waals surface area contributed by atoms with Gasteiger partial charge in [0.25, 0.3) is 0 Å². The van der Waals surface area contributed by atoms with Crippen molar-refractivity contribution in [1.82, 2.24) is 4.90 Å². The highest BCUT2D eigenvalue weighted by atomic mass is 16.3. The molecule has 0 aromatic carbocycles. The molecule has 1 fully saturated rings. The first-order valence-electron chi connectivity index (χ1n) is 4.75. The minimum Gasteiger partial charge on any atom is -0.392 e. The molecule has 1 N–H and O–H groups in total. The van der Waals surface area contributed by atoms with E-state index in [4.69, 9.17) is 0 Å². The summed E-state index contributed by atoms with van der Waals surface area (Å²) in [5.74, 6) is 0.479. The van der Waals surface area contributed by atoms with Crippen molar-refractivity contribution in [2.45, 2.75) is 26.4 Å². The predicted octanol–water partition coefficient (Wildman–Crippen LogP) is 1.27. The molecular formula is C10H19NO. The van der Waals surface area contributed by atoms with Crippen LogP contribution in [0, 0.1) is 5.92 Å². The van der Waals surface area contributed by atoms with Crippen LogP contribution in [0.2, 0.25) is 0 Å². The third-order valence-corrected chi connectivity index (χ3v) is 2.60. The third-order valence-electron chi connectivity index (χ3n) is 2.60.